The minimum Gasteiger partial charge on any atom is -0.478 e. The Hall–Kier alpha value is -1.62. The lowest BCUT2D eigenvalue weighted by Gasteiger charge is -2.19. The van der Waals surface area contributed by atoms with E-state index in [1.807, 2.05) is 6.92 Å². The van der Waals surface area contributed by atoms with E-state index in [0.717, 1.165) is 0 Å². The summed E-state index contributed by atoms with van der Waals surface area (Å²) in [7, 11) is 0. The van der Waals surface area contributed by atoms with Gasteiger partial charge in [0, 0.05) is 12.6 Å². The van der Waals surface area contributed by atoms with Crippen LogP contribution in [0.2, 0.25) is 0 Å². The van der Waals surface area contributed by atoms with Crippen LogP contribution in [0.3, 0.4) is 0 Å². The Labute approximate surface area is 99.1 Å². The van der Waals surface area contributed by atoms with E-state index in [2.05, 4.69) is 5.32 Å². The first-order valence-corrected chi connectivity index (χ1v) is 5.49. The van der Waals surface area contributed by atoms with Crippen LogP contribution in [0.15, 0.2) is 18.2 Å². The Morgan fingerprint density at radius 1 is 1.53 bits per heavy atom. The van der Waals surface area contributed by atoms with Crippen LogP contribution < -0.4 is 5.32 Å². The van der Waals surface area contributed by atoms with Gasteiger partial charge in [0.25, 0.3) is 0 Å². The molecule has 1 aromatic carbocycles. The maximum absolute atomic E-state index is 13.6. The summed E-state index contributed by atoms with van der Waals surface area (Å²) in [6.07, 6.45) is 1.12. The van der Waals surface area contributed by atoms with Crippen LogP contribution in [-0.4, -0.2) is 28.8 Å². The summed E-state index contributed by atoms with van der Waals surface area (Å²) in [4.78, 5) is 10.9. The summed E-state index contributed by atoms with van der Waals surface area (Å²) in [6, 6.07) is 3.77. The summed E-state index contributed by atoms with van der Waals surface area (Å²) in [5, 5.41) is 20.6. The van der Waals surface area contributed by atoms with Crippen molar-refractivity contribution < 1.29 is 19.4 Å². The molecule has 0 saturated heterocycles. The highest BCUT2D eigenvalue weighted by Crippen LogP contribution is 2.22. The van der Waals surface area contributed by atoms with Gasteiger partial charge in [-0.05, 0) is 25.0 Å². The largest absolute Gasteiger partial charge is 0.478 e. The van der Waals surface area contributed by atoms with E-state index < -0.39 is 11.8 Å². The third kappa shape index (κ3) is 3.42. The van der Waals surface area contributed by atoms with Crippen molar-refractivity contribution in [2.75, 3.05) is 11.9 Å². The summed E-state index contributed by atoms with van der Waals surface area (Å²) in [6.45, 7) is 1.86. The number of benzene rings is 1. The molecule has 0 radical (unpaired) electrons. The van der Waals surface area contributed by atoms with Crippen molar-refractivity contribution in [3.8, 4) is 0 Å². The Morgan fingerprint density at radius 2 is 2.24 bits per heavy atom. The zero-order valence-corrected chi connectivity index (χ0v) is 9.61. The maximum Gasteiger partial charge on any atom is 0.337 e. The van der Waals surface area contributed by atoms with Gasteiger partial charge in [-0.25, -0.2) is 9.18 Å². The van der Waals surface area contributed by atoms with Gasteiger partial charge < -0.3 is 15.5 Å². The van der Waals surface area contributed by atoms with E-state index >= 15 is 0 Å². The van der Waals surface area contributed by atoms with Crippen molar-refractivity contribution >= 4 is 11.7 Å². The molecule has 4 nitrogen and oxygen atoms in total. The molecule has 17 heavy (non-hydrogen) atoms. The monoisotopic (exact) mass is 241 g/mol. The third-order valence-corrected chi connectivity index (χ3v) is 2.56. The van der Waals surface area contributed by atoms with Gasteiger partial charge in [-0.15, -0.1) is 0 Å². The first kappa shape index (κ1) is 13.4. The second kappa shape index (κ2) is 6.20. The average Bonchev–Trinajstić information content (AvgIpc) is 2.30. The Kier molecular flexibility index (Phi) is 4.90. The predicted molar refractivity (Wildman–Crippen MR) is 62.8 cm³/mol. The van der Waals surface area contributed by atoms with Crippen LogP contribution in [0.1, 0.15) is 30.1 Å². The Morgan fingerprint density at radius 3 is 2.76 bits per heavy atom. The molecule has 3 N–H and O–H groups in total. The highest BCUT2D eigenvalue weighted by molar-refractivity contribution is 5.94. The van der Waals surface area contributed by atoms with Crippen molar-refractivity contribution in [3.05, 3.63) is 29.6 Å². The van der Waals surface area contributed by atoms with Gasteiger partial charge in [0.05, 0.1) is 11.3 Å². The van der Waals surface area contributed by atoms with Gasteiger partial charge >= 0.3 is 5.97 Å². The number of aromatic carboxylic acids is 1. The number of aliphatic hydroxyl groups excluding tert-OH is 1. The van der Waals surface area contributed by atoms with E-state index in [9.17, 15) is 9.18 Å². The van der Waals surface area contributed by atoms with Crippen molar-refractivity contribution in [2.24, 2.45) is 0 Å². The summed E-state index contributed by atoms with van der Waals surface area (Å²) < 4.78 is 13.6. The van der Waals surface area contributed by atoms with Gasteiger partial charge in [0.1, 0.15) is 5.82 Å². The fourth-order valence-electron chi connectivity index (χ4n) is 1.59. The lowest BCUT2D eigenvalue weighted by Crippen LogP contribution is -2.22. The van der Waals surface area contributed by atoms with Crippen molar-refractivity contribution in [2.45, 2.75) is 25.8 Å². The molecule has 0 bridgehead atoms. The zero-order chi connectivity index (χ0) is 12.8. The second-order valence-electron chi connectivity index (χ2n) is 3.73. The molecule has 1 aromatic rings. The normalized spacial score (nSPS) is 12.2. The quantitative estimate of drug-likeness (QED) is 0.713. The van der Waals surface area contributed by atoms with Crippen molar-refractivity contribution in [3.63, 3.8) is 0 Å². The fourth-order valence-corrected chi connectivity index (χ4v) is 1.59. The van der Waals surface area contributed by atoms with E-state index in [-0.39, 0.29) is 23.9 Å². The highest BCUT2D eigenvalue weighted by atomic mass is 19.1. The fraction of sp³-hybridized carbons (Fsp3) is 0.417. The first-order valence-electron chi connectivity index (χ1n) is 5.49. The van der Waals surface area contributed by atoms with Crippen LogP contribution in [0, 0.1) is 5.82 Å². The minimum absolute atomic E-state index is 0.0136. The molecule has 0 aliphatic carbocycles. The van der Waals surface area contributed by atoms with E-state index in [1.54, 1.807) is 0 Å². The molecule has 0 heterocycles. The summed E-state index contributed by atoms with van der Waals surface area (Å²) >= 11 is 0. The number of hydrogen-bond acceptors (Lipinski definition) is 3. The van der Waals surface area contributed by atoms with Crippen LogP contribution in [0.25, 0.3) is 0 Å². The molecule has 0 aliphatic rings. The number of anilines is 1. The predicted octanol–water partition coefficient (Wildman–Crippen LogP) is 2.10. The number of nitrogens with one attached hydrogen (secondary N) is 1. The molecule has 0 aromatic heterocycles. The van der Waals surface area contributed by atoms with Gasteiger partial charge in [-0.3, -0.25) is 0 Å². The van der Waals surface area contributed by atoms with Crippen molar-refractivity contribution in [1.82, 2.24) is 0 Å². The van der Waals surface area contributed by atoms with Crippen LogP contribution >= 0.6 is 0 Å². The SMILES string of the molecule is CCC(CCO)Nc1c(F)cccc1C(=O)O. The molecular formula is C12H16FNO3. The molecule has 0 spiro atoms. The number of para-hydroxylation sites is 1. The van der Waals surface area contributed by atoms with E-state index in [1.165, 1.54) is 18.2 Å². The number of hydrogen-bond donors (Lipinski definition) is 3. The molecule has 94 valence electrons. The maximum atomic E-state index is 13.6. The van der Waals surface area contributed by atoms with Crippen LogP contribution in [-0.2, 0) is 0 Å². The number of aliphatic hydroxyl groups is 1. The first-order chi connectivity index (χ1) is 8.10. The topological polar surface area (TPSA) is 69.6 Å². The number of carboxylic acid groups (broad SMARTS) is 1. The van der Waals surface area contributed by atoms with Gasteiger partial charge in [-0.1, -0.05) is 13.0 Å². The smallest absolute Gasteiger partial charge is 0.337 e. The second-order valence-corrected chi connectivity index (χ2v) is 3.73. The molecule has 5 heteroatoms. The van der Waals surface area contributed by atoms with Crippen LogP contribution in [0.5, 0.6) is 0 Å². The molecule has 1 unspecified atom stereocenters. The Bertz CT molecular complexity index is 395. The molecule has 0 aliphatic heterocycles. The number of halogens is 1. The standard InChI is InChI=1S/C12H16FNO3/c1-2-8(6-7-15)14-11-9(12(16)17)4-3-5-10(11)13/h3-5,8,14-15H,2,6-7H2,1H3,(H,16,17). The number of carboxylic acids is 1. The summed E-state index contributed by atoms with van der Waals surface area (Å²) in [5.41, 5.74) is -0.110. The number of rotatable bonds is 6. The van der Waals surface area contributed by atoms with Gasteiger partial charge in [0.2, 0.25) is 0 Å². The molecule has 1 rings (SSSR count). The van der Waals surface area contributed by atoms with Gasteiger partial charge in [-0.2, -0.15) is 0 Å². The minimum atomic E-state index is -1.18. The molecule has 0 amide bonds. The van der Waals surface area contributed by atoms with Crippen LogP contribution in [0.4, 0.5) is 10.1 Å². The number of carbonyl (C=O) groups is 1. The zero-order valence-electron chi connectivity index (χ0n) is 9.61. The van der Waals surface area contributed by atoms with E-state index in [4.69, 9.17) is 10.2 Å². The lowest BCUT2D eigenvalue weighted by atomic mass is 10.1. The third-order valence-electron chi connectivity index (χ3n) is 2.56. The molecule has 0 fully saturated rings. The highest BCUT2D eigenvalue weighted by Gasteiger charge is 2.16. The molecular weight excluding hydrogens is 225 g/mol. The van der Waals surface area contributed by atoms with Gasteiger partial charge in [0.15, 0.2) is 0 Å². The molecule has 1 atom stereocenters. The van der Waals surface area contributed by atoms with Crippen molar-refractivity contribution in [1.29, 1.82) is 0 Å². The Balaban J connectivity index is 2.99. The van der Waals surface area contributed by atoms with E-state index in [0.29, 0.717) is 12.8 Å². The average molecular weight is 241 g/mol. The summed E-state index contributed by atoms with van der Waals surface area (Å²) in [5.74, 6) is -1.77. The molecule has 0 saturated carbocycles. The lowest BCUT2D eigenvalue weighted by molar-refractivity contribution is 0.0697.